The smallest absolute Gasteiger partial charge is 0.387 e. The SMILES string of the molecule is CCCC1CCC(CCc2ccc3c(F)c(OC(F)F)c(F)cc3c2)CC1. The summed E-state index contributed by atoms with van der Waals surface area (Å²) in [6.07, 6.45) is 9.64. The Morgan fingerprint density at radius 1 is 1.00 bits per heavy atom. The topological polar surface area (TPSA) is 9.23 Å². The molecule has 0 radical (unpaired) electrons. The average Bonchev–Trinajstić information content (AvgIpc) is 2.64. The minimum absolute atomic E-state index is 0.0934. The van der Waals surface area contributed by atoms with Crippen molar-refractivity contribution in [2.75, 3.05) is 0 Å². The van der Waals surface area contributed by atoms with Gasteiger partial charge in [-0.1, -0.05) is 63.6 Å². The number of hydrogen-bond acceptors (Lipinski definition) is 1. The van der Waals surface area contributed by atoms with Crippen LogP contribution in [0.4, 0.5) is 17.6 Å². The van der Waals surface area contributed by atoms with Gasteiger partial charge in [-0.2, -0.15) is 8.78 Å². The number of halogens is 4. The lowest BCUT2D eigenvalue weighted by Gasteiger charge is -2.28. The van der Waals surface area contributed by atoms with Gasteiger partial charge in [-0.15, -0.1) is 0 Å². The van der Waals surface area contributed by atoms with Crippen molar-refractivity contribution in [3.63, 3.8) is 0 Å². The van der Waals surface area contributed by atoms with E-state index in [2.05, 4.69) is 11.7 Å². The van der Waals surface area contributed by atoms with Crippen LogP contribution in [0.5, 0.6) is 5.75 Å². The molecule has 0 amide bonds. The molecule has 0 spiro atoms. The van der Waals surface area contributed by atoms with E-state index in [1.165, 1.54) is 44.6 Å². The second-order valence-electron chi connectivity index (χ2n) is 7.65. The van der Waals surface area contributed by atoms with E-state index in [0.717, 1.165) is 30.4 Å². The zero-order valence-electron chi connectivity index (χ0n) is 15.6. The molecule has 5 heteroatoms. The predicted octanol–water partition coefficient (Wildman–Crippen LogP) is 7.26. The normalized spacial score (nSPS) is 20.4. The van der Waals surface area contributed by atoms with E-state index < -0.39 is 24.0 Å². The summed E-state index contributed by atoms with van der Waals surface area (Å²) >= 11 is 0. The average molecular weight is 382 g/mol. The third kappa shape index (κ3) is 4.94. The van der Waals surface area contributed by atoms with E-state index in [1.54, 1.807) is 12.1 Å². The first kappa shape index (κ1) is 20.0. The molecule has 27 heavy (non-hydrogen) atoms. The summed E-state index contributed by atoms with van der Waals surface area (Å²) in [6, 6.07) is 6.13. The van der Waals surface area contributed by atoms with E-state index in [0.29, 0.717) is 11.3 Å². The number of rotatable bonds is 7. The fourth-order valence-electron chi connectivity index (χ4n) is 4.30. The van der Waals surface area contributed by atoms with E-state index in [1.807, 2.05) is 0 Å². The number of ether oxygens (including phenoxy) is 1. The van der Waals surface area contributed by atoms with Crippen molar-refractivity contribution in [3.05, 3.63) is 41.5 Å². The summed E-state index contributed by atoms with van der Waals surface area (Å²) in [4.78, 5) is 0. The lowest BCUT2D eigenvalue weighted by Crippen LogP contribution is -2.15. The van der Waals surface area contributed by atoms with Crippen LogP contribution in [0, 0.1) is 23.5 Å². The maximum Gasteiger partial charge on any atom is 0.387 e. The molecular weight excluding hydrogens is 356 g/mol. The summed E-state index contributed by atoms with van der Waals surface area (Å²) < 4.78 is 56.9. The fraction of sp³-hybridized carbons (Fsp3) is 0.545. The van der Waals surface area contributed by atoms with Gasteiger partial charge in [0.2, 0.25) is 0 Å². The second kappa shape index (κ2) is 8.94. The second-order valence-corrected chi connectivity index (χ2v) is 7.65. The molecule has 3 rings (SSSR count). The molecule has 2 aromatic carbocycles. The van der Waals surface area contributed by atoms with Crippen molar-refractivity contribution in [1.29, 1.82) is 0 Å². The van der Waals surface area contributed by atoms with Gasteiger partial charge in [0.25, 0.3) is 0 Å². The molecule has 1 fully saturated rings. The first-order valence-electron chi connectivity index (χ1n) is 9.83. The van der Waals surface area contributed by atoms with Crippen molar-refractivity contribution < 1.29 is 22.3 Å². The summed E-state index contributed by atoms with van der Waals surface area (Å²) in [5, 5.41) is 0.464. The molecule has 0 aliphatic heterocycles. The van der Waals surface area contributed by atoms with Crippen molar-refractivity contribution in [2.24, 2.45) is 11.8 Å². The summed E-state index contributed by atoms with van der Waals surface area (Å²) in [7, 11) is 0. The van der Waals surface area contributed by atoms with Crippen LogP contribution in [0.2, 0.25) is 0 Å². The Labute approximate surface area is 157 Å². The van der Waals surface area contributed by atoms with E-state index in [4.69, 9.17) is 0 Å². The number of aryl methyl sites for hydroxylation is 1. The van der Waals surface area contributed by atoms with Crippen LogP contribution < -0.4 is 4.74 Å². The molecule has 0 aromatic heterocycles. The Bertz CT molecular complexity index is 766. The fourth-order valence-corrected chi connectivity index (χ4v) is 4.30. The minimum atomic E-state index is -3.27. The van der Waals surface area contributed by atoms with Gasteiger partial charge >= 0.3 is 6.61 Å². The van der Waals surface area contributed by atoms with Gasteiger partial charge in [0.05, 0.1) is 0 Å². The van der Waals surface area contributed by atoms with Crippen molar-refractivity contribution in [3.8, 4) is 5.75 Å². The van der Waals surface area contributed by atoms with Crippen LogP contribution in [0.3, 0.4) is 0 Å². The lowest BCUT2D eigenvalue weighted by molar-refractivity contribution is -0.0544. The first-order chi connectivity index (χ1) is 13.0. The highest BCUT2D eigenvalue weighted by Crippen LogP contribution is 2.35. The summed E-state index contributed by atoms with van der Waals surface area (Å²) in [5.74, 6) is -1.61. The quantitative estimate of drug-likeness (QED) is 0.458. The van der Waals surface area contributed by atoms with Gasteiger partial charge in [0.1, 0.15) is 0 Å². The molecule has 148 valence electrons. The Kier molecular flexibility index (Phi) is 6.61. The molecule has 0 atom stereocenters. The van der Waals surface area contributed by atoms with E-state index in [9.17, 15) is 17.6 Å². The maximum absolute atomic E-state index is 14.3. The standard InChI is InChI=1S/C22H26F4O/c1-2-3-14-4-6-15(7-5-14)8-9-16-10-11-18-17(12-16)13-19(23)21(20(18)24)27-22(25)26/h10-15,22H,2-9H2,1H3. The molecular formula is C22H26F4O. The molecule has 0 saturated heterocycles. The van der Waals surface area contributed by atoms with Crippen molar-refractivity contribution in [2.45, 2.75) is 64.9 Å². The summed E-state index contributed by atoms with van der Waals surface area (Å²) in [5.41, 5.74) is 1.01. The minimum Gasteiger partial charge on any atom is -0.429 e. The van der Waals surface area contributed by atoms with Gasteiger partial charge in [-0.25, -0.2) is 8.78 Å². The number of fused-ring (bicyclic) bond motifs is 1. The third-order valence-corrected chi connectivity index (χ3v) is 5.76. The molecule has 0 heterocycles. The summed E-state index contributed by atoms with van der Waals surface area (Å²) in [6.45, 7) is -1.03. The first-order valence-corrected chi connectivity index (χ1v) is 9.83. The van der Waals surface area contributed by atoms with Crippen LogP contribution in [0.25, 0.3) is 10.8 Å². The Morgan fingerprint density at radius 3 is 2.30 bits per heavy atom. The Morgan fingerprint density at radius 2 is 1.67 bits per heavy atom. The third-order valence-electron chi connectivity index (χ3n) is 5.76. The number of benzene rings is 2. The molecule has 1 aliphatic rings. The molecule has 1 nitrogen and oxygen atoms in total. The zero-order valence-corrected chi connectivity index (χ0v) is 15.6. The molecule has 1 saturated carbocycles. The van der Waals surface area contributed by atoms with Gasteiger partial charge in [0, 0.05) is 5.39 Å². The van der Waals surface area contributed by atoms with Crippen molar-refractivity contribution in [1.82, 2.24) is 0 Å². The van der Waals surface area contributed by atoms with E-state index >= 15 is 0 Å². The van der Waals surface area contributed by atoms with Crippen LogP contribution >= 0.6 is 0 Å². The van der Waals surface area contributed by atoms with Gasteiger partial charge in [-0.05, 0) is 41.7 Å². The van der Waals surface area contributed by atoms with Crippen LogP contribution in [-0.4, -0.2) is 6.61 Å². The van der Waals surface area contributed by atoms with Crippen LogP contribution in [0.15, 0.2) is 24.3 Å². The van der Waals surface area contributed by atoms with Crippen LogP contribution in [-0.2, 0) is 6.42 Å². The Balaban J connectivity index is 1.66. The van der Waals surface area contributed by atoms with Gasteiger partial charge in [0.15, 0.2) is 17.4 Å². The maximum atomic E-state index is 14.3. The Hall–Kier alpha value is -1.78. The largest absolute Gasteiger partial charge is 0.429 e. The highest BCUT2D eigenvalue weighted by Gasteiger charge is 2.21. The zero-order chi connectivity index (χ0) is 19.4. The number of alkyl halides is 2. The number of hydrogen-bond donors (Lipinski definition) is 0. The van der Waals surface area contributed by atoms with Gasteiger partial charge in [-0.3, -0.25) is 0 Å². The highest BCUT2D eigenvalue weighted by molar-refractivity contribution is 5.85. The molecule has 0 unspecified atom stereocenters. The molecule has 2 aromatic rings. The lowest BCUT2D eigenvalue weighted by atomic mass is 9.78. The predicted molar refractivity (Wildman–Crippen MR) is 99.2 cm³/mol. The van der Waals surface area contributed by atoms with Crippen LogP contribution in [0.1, 0.15) is 57.4 Å². The van der Waals surface area contributed by atoms with Gasteiger partial charge < -0.3 is 4.74 Å². The monoisotopic (exact) mass is 382 g/mol. The molecule has 0 bridgehead atoms. The van der Waals surface area contributed by atoms with Crippen molar-refractivity contribution >= 4 is 10.8 Å². The van der Waals surface area contributed by atoms with E-state index in [-0.39, 0.29) is 5.39 Å². The highest BCUT2D eigenvalue weighted by atomic mass is 19.3. The molecule has 0 N–H and O–H groups in total. The molecule has 1 aliphatic carbocycles.